The van der Waals surface area contributed by atoms with Crippen molar-refractivity contribution < 1.29 is 13.6 Å². The Kier molecular flexibility index (Phi) is 2.53. The van der Waals surface area contributed by atoms with Gasteiger partial charge in [0, 0.05) is 5.56 Å². The molecule has 1 fully saturated rings. The summed E-state index contributed by atoms with van der Waals surface area (Å²) in [5.41, 5.74) is 0.272. The van der Waals surface area contributed by atoms with E-state index >= 15 is 0 Å². The van der Waals surface area contributed by atoms with Gasteiger partial charge in [0.25, 0.3) is 0 Å². The van der Waals surface area contributed by atoms with Crippen molar-refractivity contribution in [3.8, 4) is 0 Å². The molecule has 1 aromatic heterocycles. The summed E-state index contributed by atoms with van der Waals surface area (Å²) in [6, 6.07) is 5.00. The van der Waals surface area contributed by atoms with Crippen LogP contribution < -0.4 is 0 Å². The predicted octanol–water partition coefficient (Wildman–Crippen LogP) is 3.68. The molecule has 92 valence electrons. The Morgan fingerprint density at radius 1 is 1.28 bits per heavy atom. The molecule has 0 bridgehead atoms. The van der Waals surface area contributed by atoms with Crippen LogP contribution in [0.1, 0.15) is 31.2 Å². The average Bonchev–Trinajstić information content (AvgIpc) is 2.99. The van der Waals surface area contributed by atoms with Crippen LogP contribution in [0.25, 0.3) is 11.0 Å². The van der Waals surface area contributed by atoms with E-state index in [1.54, 1.807) is 24.3 Å². The zero-order valence-corrected chi connectivity index (χ0v) is 9.78. The van der Waals surface area contributed by atoms with Crippen molar-refractivity contribution in [1.29, 1.82) is 0 Å². The first-order valence-electron chi connectivity index (χ1n) is 6.02. The minimum absolute atomic E-state index is 0.331. The molecule has 0 radical (unpaired) electrons. The molecule has 1 saturated carbocycles. The molecule has 0 N–H and O–H groups in total. The molecule has 1 heterocycles. The molecule has 18 heavy (non-hydrogen) atoms. The van der Waals surface area contributed by atoms with Gasteiger partial charge in [0.2, 0.25) is 6.08 Å². The summed E-state index contributed by atoms with van der Waals surface area (Å²) < 4.78 is 19.6. The van der Waals surface area contributed by atoms with E-state index in [2.05, 4.69) is 4.99 Å². The lowest BCUT2D eigenvalue weighted by molar-refractivity contribution is 0.433. The molecule has 0 amide bonds. The highest BCUT2D eigenvalue weighted by Crippen LogP contribution is 2.44. The second-order valence-corrected chi connectivity index (χ2v) is 4.70. The zero-order chi connectivity index (χ0) is 12.6. The number of hydrogen-bond donors (Lipinski definition) is 0. The van der Waals surface area contributed by atoms with Crippen molar-refractivity contribution in [3.63, 3.8) is 0 Å². The molecular weight excluding hydrogens is 233 g/mol. The number of fused-ring (bicyclic) bond motifs is 1. The minimum atomic E-state index is -0.725. The second-order valence-electron chi connectivity index (χ2n) is 4.70. The van der Waals surface area contributed by atoms with Crippen LogP contribution in [0.3, 0.4) is 0 Å². The van der Waals surface area contributed by atoms with Crippen LogP contribution in [0.5, 0.6) is 0 Å². The minimum Gasteiger partial charge on any atom is -0.464 e. The summed E-state index contributed by atoms with van der Waals surface area (Å²) in [6.07, 6.45) is 6.36. The van der Waals surface area contributed by atoms with Crippen LogP contribution in [0.15, 0.2) is 33.9 Å². The second kappa shape index (κ2) is 4.07. The monoisotopic (exact) mass is 245 g/mol. The first kappa shape index (κ1) is 11.2. The van der Waals surface area contributed by atoms with Crippen molar-refractivity contribution in [2.45, 2.75) is 31.2 Å². The zero-order valence-electron chi connectivity index (χ0n) is 9.78. The third-order valence-corrected chi connectivity index (χ3v) is 3.76. The Hall–Kier alpha value is -1.93. The lowest BCUT2D eigenvalue weighted by atomic mass is 9.88. The third kappa shape index (κ3) is 1.50. The van der Waals surface area contributed by atoms with Gasteiger partial charge >= 0.3 is 0 Å². The highest BCUT2D eigenvalue weighted by atomic mass is 19.1. The summed E-state index contributed by atoms with van der Waals surface area (Å²) in [6.45, 7) is 0. The highest BCUT2D eigenvalue weighted by molar-refractivity contribution is 5.79. The van der Waals surface area contributed by atoms with Crippen molar-refractivity contribution in [3.05, 3.63) is 35.8 Å². The lowest BCUT2D eigenvalue weighted by Gasteiger charge is -2.23. The van der Waals surface area contributed by atoms with Gasteiger partial charge < -0.3 is 4.42 Å². The number of isocyanates is 1. The Morgan fingerprint density at radius 2 is 2.06 bits per heavy atom. The van der Waals surface area contributed by atoms with Crippen LogP contribution in [0, 0.1) is 5.82 Å². The topological polar surface area (TPSA) is 42.6 Å². The predicted molar refractivity (Wildman–Crippen MR) is 64.4 cm³/mol. The summed E-state index contributed by atoms with van der Waals surface area (Å²) in [5, 5.41) is 0.444. The maximum atomic E-state index is 14.5. The fraction of sp³-hybridized carbons (Fsp3) is 0.357. The number of hydrogen-bond acceptors (Lipinski definition) is 3. The number of benzene rings is 1. The molecule has 0 aliphatic heterocycles. The van der Waals surface area contributed by atoms with Gasteiger partial charge in [-0.3, -0.25) is 0 Å². The summed E-state index contributed by atoms with van der Waals surface area (Å²) in [7, 11) is 0. The Labute approximate surface area is 103 Å². The van der Waals surface area contributed by atoms with E-state index in [0.29, 0.717) is 29.4 Å². The summed E-state index contributed by atoms with van der Waals surface area (Å²) >= 11 is 0. The summed E-state index contributed by atoms with van der Waals surface area (Å²) in [5.74, 6) is -0.331. The van der Waals surface area contributed by atoms with E-state index < -0.39 is 5.54 Å². The molecule has 0 atom stereocenters. The van der Waals surface area contributed by atoms with Crippen molar-refractivity contribution in [1.82, 2.24) is 0 Å². The maximum absolute atomic E-state index is 14.5. The van der Waals surface area contributed by atoms with E-state index in [4.69, 9.17) is 4.42 Å². The number of halogens is 1. The average molecular weight is 245 g/mol. The standard InChI is InChI=1S/C14H12FNO2/c15-13-10-5-8-18-12(10)4-3-11(13)14(16-9-17)6-1-2-7-14/h3-5,8H,1-2,6-7H2. The highest BCUT2D eigenvalue weighted by Gasteiger charge is 2.38. The maximum Gasteiger partial charge on any atom is 0.235 e. The van der Waals surface area contributed by atoms with Gasteiger partial charge in [-0.2, -0.15) is 4.99 Å². The number of nitrogens with zero attached hydrogens (tertiary/aromatic N) is 1. The molecule has 0 saturated heterocycles. The molecule has 0 spiro atoms. The first-order valence-corrected chi connectivity index (χ1v) is 6.02. The number of carbonyl (C=O) groups excluding carboxylic acids is 1. The number of rotatable bonds is 2. The van der Waals surface area contributed by atoms with Crippen LogP contribution in [0.2, 0.25) is 0 Å². The molecule has 1 aliphatic carbocycles. The first-order chi connectivity index (χ1) is 8.77. The molecule has 1 aliphatic rings. The Bertz CT molecular complexity index is 634. The van der Waals surface area contributed by atoms with Crippen LogP contribution in [0.4, 0.5) is 4.39 Å². The van der Waals surface area contributed by atoms with Crippen LogP contribution in [-0.4, -0.2) is 6.08 Å². The third-order valence-electron chi connectivity index (χ3n) is 3.76. The van der Waals surface area contributed by atoms with Crippen molar-refractivity contribution >= 4 is 17.0 Å². The Morgan fingerprint density at radius 3 is 2.78 bits per heavy atom. The van der Waals surface area contributed by atoms with E-state index in [-0.39, 0.29) is 5.82 Å². The number of furan rings is 1. The van der Waals surface area contributed by atoms with Gasteiger partial charge in [0.15, 0.2) is 0 Å². The van der Waals surface area contributed by atoms with Crippen molar-refractivity contribution in [2.24, 2.45) is 4.99 Å². The van der Waals surface area contributed by atoms with Gasteiger partial charge in [0.05, 0.1) is 11.6 Å². The fourth-order valence-corrected chi connectivity index (χ4v) is 2.86. The van der Waals surface area contributed by atoms with Gasteiger partial charge in [-0.05, 0) is 31.0 Å². The molecule has 1 aromatic carbocycles. The summed E-state index contributed by atoms with van der Waals surface area (Å²) in [4.78, 5) is 14.5. The fourth-order valence-electron chi connectivity index (χ4n) is 2.86. The van der Waals surface area contributed by atoms with Gasteiger partial charge in [-0.25, -0.2) is 9.18 Å². The normalized spacial score (nSPS) is 17.8. The molecular formula is C14H12FNO2. The number of aliphatic imine (C=N–C) groups is 1. The lowest BCUT2D eigenvalue weighted by Crippen LogP contribution is -2.20. The Balaban J connectivity index is 2.23. The SMILES string of the molecule is O=C=NC1(c2ccc3occc3c2F)CCCC1. The van der Waals surface area contributed by atoms with Gasteiger partial charge in [-0.1, -0.05) is 12.8 Å². The van der Waals surface area contributed by atoms with Crippen LogP contribution in [-0.2, 0) is 10.3 Å². The van der Waals surface area contributed by atoms with Gasteiger partial charge in [0.1, 0.15) is 16.9 Å². The molecule has 3 nitrogen and oxygen atoms in total. The van der Waals surface area contributed by atoms with Gasteiger partial charge in [-0.15, -0.1) is 0 Å². The van der Waals surface area contributed by atoms with E-state index in [1.807, 2.05) is 0 Å². The molecule has 2 aromatic rings. The molecule has 0 unspecified atom stereocenters. The van der Waals surface area contributed by atoms with E-state index in [1.165, 1.54) is 6.26 Å². The van der Waals surface area contributed by atoms with Crippen LogP contribution >= 0.6 is 0 Å². The van der Waals surface area contributed by atoms with E-state index in [0.717, 1.165) is 12.8 Å². The molecule has 4 heteroatoms. The quantitative estimate of drug-likeness (QED) is 0.598. The van der Waals surface area contributed by atoms with Crippen molar-refractivity contribution in [2.75, 3.05) is 0 Å². The van der Waals surface area contributed by atoms with E-state index in [9.17, 15) is 9.18 Å². The molecule has 3 rings (SSSR count). The smallest absolute Gasteiger partial charge is 0.235 e. The largest absolute Gasteiger partial charge is 0.464 e.